The summed E-state index contributed by atoms with van der Waals surface area (Å²) in [4.78, 5) is 12.0. The smallest absolute Gasteiger partial charge is 0.301 e. The van der Waals surface area contributed by atoms with E-state index >= 15 is 0 Å². The highest BCUT2D eigenvalue weighted by Crippen LogP contribution is 2.30. The number of carbonyl (C=O) groups is 1. The summed E-state index contributed by atoms with van der Waals surface area (Å²) < 4.78 is 5.47. The molecular formula is C21H20N2O2. The molecule has 126 valence electrons. The van der Waals surface area contributed by atoms with Gasteiger partial charge in [-0.3, -0.25) is 10.2 Å². The zero-order chi connectivity index (χ0) is 17.5. The number of hydrogen-bond donors (Lipinski definition) is 2. The molecule has 1 aromatic heterocycles. The molecule has 4 heteroatoms. The van der Waals surface area contributed by atoms with Gasteiger partial charge in [0.25, 0.3) is 0 Å². The van der Waals surface area contributed by atoms with Crippen molar-refractivity contribution in [1.29, 1.82) is 0 Å². The minimum absolute atomic E-state index is 0.219. The van der Waals surface area contributed by atoms with Crippen LogP contribution in [0, 0.1) is 0 Å². The number of rotatable bonds is 6. The number of hydrazine groups is 1. The first-order valence-corrected chi connectivity index (χ1v) is 8.18. The van der Waals surface area contributed by atoms with Gasteiger partial charge in [-0.25, -0.2) is 5.84 Å². The van der Waals surface area contributed by atoms with Crippen molar-refractivity contribution < 1.29 is 9.21 Å². The Balaban J connectivity index is 1.82. The van der Waals surface area contributed by atoms with Gasteiger partial charge in [0, 0.05) is 11.1 Å². The van der Waals surface area contributed by atoms with Crippen LogP contribution in [-0.4, -0.2) is 5.91 Å². The standard InChI is InChI=1S/C21H20N2O2/c22-23-21(24)20-19(17-12-5-2-6-13-17)18(15-25-20)14-8-7-11-16-9-3-1-4-10-16/h1-6,8-10,12-15H,7,11,22H2,(H,23,24). The average molecular weight is 332 g/mol. The maximum Gasteiger partial charge on any atom is 0.301 e. The number of benzene rings is 2. The molecule has 4 nitrogen and oxygen atoms in total. The largest absolute Gasteiger partial charge is 0.458 e. The summed E-state index contributed by atoms with van der Waals surface area (Å²) in [7, 11) is 0. The molecule has 3 N–H and O–H groups in total. The number of nitrogens with one attached hydrogen (secondary N) is 1. The topological polar surface area (TPSA) is 68.3 Å². The second-order valence-electron chi connectivity index (χ2n) is 5.66. The minimum Gasteiger partial charge on any atom is -0.458 e. The normalized spacial score (nSPS) is 10.9. The van der Waals surface area contributed by atoms with Gasteiger partial charge >= 0.3 is 5.91 Å². The lowest BCUT2D eigenvalue weighted by atomic mass is 10.0. The molecule has 0 saturated carbocycles. The lowest BCUT2D eigenvalue weighted by Crippen LogP contribution is -2.30. The van der Waals surface area contributed by atoms with E-state index in [1.54, 1.807) is 6.26 Å². The van der Waals surface area contributed by atoms with Crippen LogP contribution in [0.2, 0.25) is 0 Å². The van der Waals surface area contributed by atoms with E-state index in [1.807, 2.05) is 54.6 Å². The van der Waals surface area contributed by atoms with Gasteiger partial charge in [0.15, 0.2) is 0 Å². The summed E-state index contributed by atoms with van der Waals surface area (Å²) in [5, 5.41) is 0. The molecule has 0 bridgehead atoms. The molecule has 0 saturated heterocycles. The van der Waals surface area contributed by atoms with Crippen molar-refractivity contribution in [2.24, 2.45) is 5.84 Å². The van der Waals surface area contributed by atoms with Gasteiger partial charge in [-0.1, -0.05) is 72.8 Å². The number of furan rings is 1. The van der Waals surface area contributed by atoms with Gasteiger partial charge in [-0.05, 0) is 24.0 Å². The molecule has 0 aliphatic rings. The van der Waals surface area contributed by atoms with E-state index in [4.69, 9.17) is 10.3 Å². The second kappa shape index (κ2) is 8.13. The highest BCUT2D eigenvalue weighted by molar-refractivity contribution is 6.00. The molecule has 0 aliphatic heterocycles. The number of nitrogen functional groups attached to an aromatic ring is 1. The molecule has 1 amide bonds. The number of amides is 1. The Labute approximate surface area is 146 Å². The molecule has 3 aromatic rings. The Morgan fingerprint density at radius 2 is 1.72 bits per heavy atom. The van der Waals surface area contributed by atoms with E-state index in [2.05, 4.69) is 23.6 Å². The average Bonchev–Trinajstić information content (AvgIpc) is 3.10. The fourth-order valence-corrected chi connectivity index (χ4v) is 2.73. The molecule has 2 aromatic carbocycles. The van der Waals surface area contributed by atoms with Crippen molar-refractivity contribution in [1.82, 2.24) is 5.43 Å². The Kier molecular flexibility index (Phi) is 5.44. The molecule has 3 rings (SSSR count). The fraction of sp³-hybridized carbons (Fsp3) is 0.0952. The van der Waals surface area contributed by atoms with Crippen LogP contribution in [0.4, 0.5) is 0 Å². The first-order valence-electron chi connectivity index (χ1n) is 8.18. The van der Waals surface area contributed by atoms with E-state index in [0.29, 0.717) is 0 Å². The van der Waals surface area contributed by atoms with E-state index in [1.165, 1.54) is 5.56 Å². The maximum absolute atomic E-state index is 12.0. The monoisotopic (exact) mass is 332 g/mol. The van der Waals surface area contributed by atoms with Crippen molar-refractivity contribution in [2.75, 3.05) is 0 Å². The van der Waals surface area contributed by atoms with Crippen LogP contribution in [-0.2, 0) is 6.42 Å². The number of carbonyl (C=O) groups excluding carboxylic acids is 1. The predicted molar refractivity (Wildman–Crippen MR) is 99.6 cm³/mol. The third-order valence-electron chi connectivity index (χ3n) is 3.96. The summed E-state index contributed by atoms with van der Waals surface area (Å²) >= 11 is 0. The van der Waals surface area contributed by atoms with E-state index < -0.39 is 5.91 Å². The molecule has 25 heavy (non-hydrogen) atoms. The molecule has 0 spiro atoms. The summed E-state index contributed by atoms with van der Waals surface area (Å²) in [6.07, 6.45) is 7.54. The van der Waals surface area contributed by atoms with Crippen molar-refractivity contribution in [3.63, 3.8) is 0 Å². The van der Waals surface area contributed by atoms with Crippen LogP contribution in [0.5, 0.6) is 0 Å². The van der Waals surface area contributed by atoms with Crippen LogP contribution < -0.4 is 11.3 Å². The zero-order valence-corrected chi connectivity index (χ0v) is 13.8. The van der Waals surface area contributed by atoms with Gasteiger partial charge in [0.1, 0.15) is 0 Å². The van der Waals surface area contributed by atoms with Gasteiger partial charge in [0.2, 0.25) is 5.76 Å². The summed E-state index contributed by atoms with van der Waals surface area (Å²) in [6.45, 7) is 0. The minimum atomic E-state index is -0.442. The van der Waals surface area contributed by atoms with E-state index in [-0.39, 0.29) is 5.76 Å². The molecule has 0 radical (unpaired) electrons. The van der Waals surface area contributed by atoms with Gasteiger partial charge < -0.3 is 4.42 Å². The zero-order valence-electron chi connectivity index (χ0n) is 13.8. The number of hydrogen-bond acceptors (Lipinski definition) is 3. The van der Waals surface area contributed by atoms with Crippen LogP contribution >= 0.6 is 0 Å². The highest BCUT2D eigenvalue weighted by Gasteiger charge is 2.19. The third kappa shape index (κ3) is 4.05. The summed E-state index contributed by atoms with van der Waals surface area (Å²) in [5.74, 6) is 5.05. The van der Waals surface area contributed by atoms with Gasteiger partial charge in [0.05, 0.1) is 6.26 Å². The van der Waals surface area contributed by atoms with Gasteiger partial charge in [-0.2, -0.15) is 0 Å². The Morgan fingerprint density at radius 1 is 1.04 bits per heavy atom. The SMILES string of the molecule is NNC(=O)c1occ(C=CCCc2ccccc2)c1-c1ccccc1. The van der Waals surface area contributed by atoms with Crippen molar-refractivity contribution in [2.45, 2.75) is 12.8 Å². The van der Waals surface area contributed by atoms with Crippen LogP contribution in [0.25, 0.3) is 17.2 Å². The Hall–Kier alpha value is -3.11. The molecule has 0 fully saturated rings. The number of aryl methyl sites for hydroxylation is 1. The third-order valence-corrected chi connectivity index (χ3v) is 3.96. The summed E-state index contributed by atoms with van der Waals surface area (Å²) in [6, 6.07) is 20.0. The summed E-state index contributed by atoms with van der Waals surface area (Å²) in [5.41, 5.74) is 5.96. The number of nitrogens with two attached hydrogens (primary N) is 1. The first kappa shape index (κ1) is 16.7. The molecule has 0 atom stereocenters. The highest BCUT2D eigenvalue weighted by atomic mass is 16.3. The lowest BCUT2D eigenvalue weighted by Gasteiger charge is -2.03. The Morgan fingerprint density at radius 3 is 2.40 bits per heavy atom. The molecule has 1 heterocycles. The molecule has 0 aliphatic carbocycles. The fourth-order valence-electron chi connectivity index (χ4n) is 2.73. The van der Waals surface area contributed by atoms with Crippen LogP contribution in [0.1, 0.15) is 28.1 Å². The molecule has 0 unspecified atom stereocenters. The van der Waals surface area contributed by atoms with Crippen molar-refractivity contribution >= 4 is 12.0 Å². The lowest BCUT2D eigenvalue weighted by molar-refractivity contribution is 0.0927. The maximum atomic E-state index is 12.0. The number of allylic oxidation sites excluding steroid dienone is 1. The van der Waals surface area contributed by atoms with Crippen LogP contribution in [0.3, 0.4) is 0 Å². The Bertz CT molecular complexity index is 852. The van der Waals surface area contributed by atoms with E-state index in [0.717, 1.165) is 29.5 Å². The predicted octanol–water partition coefficient (Wildman–Crippen LogP) is 4.20. The second-order valence-corrected chi connectivity index (χ2v) is 5.66. The van der Waals surface area contributed by atoms with Crippen molar-refractivity contribution in [3.05, 3.63) is 89.9 Å². The van der Waals surface area contributed by atoms with Gasteiger partial charge in [-0.15, -0.1) is 0 Å². The van der Waals surface area contributed by atoms with E-state index in [9.17, 15) is 4.79 Å². The molecular weight excluding hydrogens is 312 g/mol. The quantitative estimate of drug-likeness (QED) is 0.404. The first-order chi connectivity index (χ1) is 12.3. The van der Waals surface area contributed by atoms with Crippen molar-refractivity contribution in [3.8, 4) is 11.1 Å². The van der Waals surface area contributed by atoms with Crippen LogP contribution in [0.15, 0.2) is 77.4 Å².